The van der Waals surface area contributed by atoms with Crippen molar-refractivity contribution >= 4 is 31.6 Å². The van der Waals surface area contributed by atoms with E-state index in [9.17, 15) is 21.6 Å². The molecule has 1 fully saturated rings. The number of rotatable bonds is 5. The number of hydrogen-bond donors (Lipinski definition) is 1. The quantitative estimate of drug-likeness (QED) is 0.778. The van der Waals surface area contributed by atoms with Gasteiger partial charge in [-0.2, -0.15) is 0 Å². The lowest BCUT2D eigenvalue weighted by Gasteiger charge is -2.15. The maximum Gasteiger partial charge on any atom is 0.242 e. The summed E-state index contributed by atoms with van der Waals surface area (Å²) in [7, 11) is -7.33. The Kier molecular flexibility index (Phi) is 4.17. The maximum atomic E-state index is 11.9. The van der Waals surface area contributed by atoms with E-state index in [1.165, 1.54) is 30.3 Å². The van der Waals surface area contributed by atoms with E-state index in [1.807, 2.05) is 0 Å². The van der Waals surface area contributed by atoms with Gasteiger partial charge < -0.3 is 0 Å². The minimum absolute atomic E-state index is 0.0165. The molecular weight excluding hydrogens is 316 g/mol. The topological polar surface area (TPSA) is 101 Å². The van der Waals surface area contributed by atoms with Gasteiger partial charge >= 0.3 is 0 Å². The number of nitrogens with zero attached hydrogens (tertiary/aromatic N) is 1. The fourth-order valence-electron chi connectivity index (χ4n) is 1.88. The van der Waals surface area contributed by atoms with E-state index < -0.39 is 26.0 Å². The molecule has 1 saturated heterocycles. The Morgan fingerprint density at radius 2 is 1.90 bits per heavy atom. The number of sulfonamides is 2. The number of nitrogens with one attached hydrogen (secondary N) is 1. The van der Waals surface area contributed by atoms with Gasteiger partial charge in [0.15, 0.2) is 0 Å². The number of carbonyl (C=O) groups is 1. The average molecular weight is 330 g/mol. The van der Waals surface area contributed by atoms with E-state index in [0.29, 0.717) is 4.31 Å². The zero-order valence-electron chi connectivity index (χ0n) is 11.0. The van der Waals surface area contributed by atoms with Crippen molar-refractivity contribution in [3.8, 4) is 0 Å². The first kappa shape index (κ1) is 15.7. The Morgan fingerprint density at radius 1 is 1.29 bits per heavy atom. The Bertz CT molecular complexity index is 766. The summed E-state index contributed by atoms with van der Waals surface area (Å²) in [6.45, 7) is 3.50. The molecule has 1 aliphatic rings. The van der Waals surface area contributed by atoms with Crippen molar-refractivity contribution in [2.24, 2.45) is 0 Å². The van der Waals surface area contributed by atoms with Crippen LogP contribution in [-0.4, -0.2) is 35.0 Å². The first-order valence-electron chi connectivity index (χ1n) is 6.04. The fourth-order valence-corrected chi connectivity index (χ4v) is 4.34. The highest BCUT2D eigenvalue weighted by Crippen LogP contribution is 2.26. The van der Waals surface area contributed by atoms with E-state index >= 15 is 0 Å². The van der Waals surface area contributed by atoms with E-state index in [2.05, 4.69) is 11.3 Å². The highest BCUT2D eigenvalue weighted by Gasteiger charge is 2.36. The second kappa shape index (κ2) is 5.58. The third-order valence-corrected chi connectivity index (χ3v) is 6.01. The monoisotopic (exact) mass is 330 g/mol. The first-order valence-corrected chi connectivity index (χ1v) is 9.13. The summed E-state index contributed by atoms with van der Waals surface area (Å²) < 4.78 is 50.2. The minimum Gasteiger partial charge on any atom is -0.273 e. The molecule has 1 N–H and O–H groups in total. The van der Waals surface area contributed by atoms with Gasteiger partial charge in [0.05, 0.1) is 16.3 Å². The van der Waals surface area contributed by atoms with Crippen molar-refractivity contribution in [2.75, 3.05) is 16.6 Å². The molecule has 1 aromatic carbocycles. The normalized spacial score (nSPS) is 17.9. The number of hydrogen-bond acceptors (Lipinski definition) is 5. The minimum atomic E-state index is -3.68. The second-order valence-corrected chi connectivity index (χ2v) is 8.06. The number of carbonyl (C=O) groups excluding carboxylic acids is 1. The summed E-state index contributed by atoms with van der Waals surface area (Å²) in [5.74, 6) is -0.748. The number of anilines is 1. The Labute approximate surface area is 123 Å². The first-order chi connectivity index (χ1) is 9.78. The highest BCUT2D eigenvalue weighted by molar-refractivity contribution is 7.94. The van der Waals surface area contributed by atoms with E-state index in [1.54, 1.807) is 0 Å². The van der Waals surface area contributed by atoms with E-state index in [4.69, 9.17) is 0 Å². The molecule has 0 radical (unpaired) electrons. The standard InChI is InChI=1S/C12H14N2O5S2/c1-2-8-13-21(18,19)11-5-3-10(4-6-11)14-12(15)7-9-20(14,16)17/h2-6,13H,1,7-9H2. The van der Waals surface area contributed by atoms with Crippen LogP contribution < -0.4 is 9.03 Å². The van der Waals surface area contributed by atoms with Gasteiger partial charge in [-0.05, 0) is 24.3 Å². The molecule has 0 aliphatic carbocycles. The third-order valence-electron chi connectivity index (χ3n) is 2.88. The van der Waals surface area contributed by atoms with Crippen LogP contribution in [0, 0.1) is 0 Å². The van der Waals surface area contributed by atoms with Gasteiger partial charge in [-0.25, -0.2) is 25.9 Å². The van der Waals surface area contributed by atoms with E-state index in [0.717, 1.165) is 0 Å². The molecule has 7 nitrogen and oxygen atoms in total. The fraction of sp³-hybridized carbons (Fsp3) is 0.250. The van der Waals surface area contributed by atoms with Crippen molar-refractivity contribution in [1.82, 2.24) is 4.72 Å². The molecular formula is C12H14N2O5S2. The van der Waals surface area contributed by atoms with Gasteiger partial charge in [-0.1, -0.05) is 6.08 Å². The van der Waals surface area contributed by atoms with Gasteiger partial charge in [-0.3, -0.25) is 4.79 Å². The summed E-state index contributed by atoms with van der Waals surface area (Å²) in [6.07, 6.45) is 1.34. The lowest BCUT2D eigenvalue weighted by molar-refractivity contribution is -0.116. The molecule has 1 aliphatic heterocycles. The molecule has 114 valence electrons. The summed E-state index contributed by atoms with van der Waals surface area (Å²) in [4.78, 5) is 11.6. The number of amides is 1. The molecule has 0 unspecified atom stereocenters. The molecule has 0 spiro atoms. The zero-order chi connectivity index (χ0) is 15.7. The molecule has 0 atom stereocenters. The SMILES string of the molecule is C=CCNS(=O)(=O)c1ccc(N2C(=O)CCS2(=O)=O)cc1. The van der Waals surface area contributed by atoms with Gasteiger partial charge in [0.1, 0.15) is 0 Å². The molecule has 0 saturated carbocycles. The predicted molar refractivity (Wildman–Crippen MR) is 77.7 cm³/mol. The van der Waals surface area contributed by atoms with Crippen molar-refractivity contribution in [2.45, 2.75) is 11.3 Å². The van der Waals surface area contributed by atoms with Crippen LogP contribution in [-0.2, 0) is 24.8 Å². The predicted octanol–water partition coefficient (Wildman–Crippen LogP) is 0.217. The van der Waals surface area contributed by atoms with E-state index in [-0.39, 0.29) is 29.3 Å². The third kappa shape index (κ3) is 3.14. The largest absolute Gasteiger partial charge is 0.273 e. The summed E-state index contributed by atoms with van der Waals surface area (Å²) in [5, 5.41) is 0. The van der Waals surface area contributed by atoms with Crippen LogP contribution in [0.1, 0.15) is 6.42 Å². The van der Waals surface area contributed by atoms with Crippen molar-refractivity contribution in [3.05, 3.63) is 36.9 Å². The van der Waals surface area contributed by atoms with Crippen molar-refractivity contribution in [3.63, 3.8) is 0 Å². The van der Waals surface area contributed by atoms with Crippen LogP contribution in [0.2, 0.25) is 0 Å². The molecule has 0 bridgehead atoms. The zero-order valence-corrected chi connectivity index (χ0v) is 12.7. The second-order valence-electron chi connectivity index (χ2n) is 4.36. The van der Waals surface area contributed by atoms with Gasteiger partial charge in [0.2, 0.25) is 26.0 Å². The molecule has 2 rings (SSSR count). The highest BCUT2D eigenvalue weighted by atomic mass is 32.2. The lowest BCUT2D eigenvalue weighted by Crippen LogP contribution is -2.29. The Hall–Kier alpha value is -1.71. The maximum absolute atomic E-state index is 11.9. The molecule has 1 amide bonds. The number of benzene rings is 1. The molecule has 1 heterocycles. The average Bonchev–Trinajstić information content (AvgIpc) is 2.70. The van der Waals surface area contributed by atoms with Crippen LogP contribution >= 0.6 is 0 Å². The van der Waals surface area contributed by atoms with Crippen LogP contribution in [0.4, 0.5) is 5.69 Å². The van der Waals surface area contributed by atoms with Gasteiger partial charge in [0, 0.05) is 13.0 Å². The Morgan fingerprint density at radius 3 is 2.38 bits per heavy atom. The van der Waals surface area contributed by atoms with Gasteiger partial charge in [-0.15, -0.1) is 6.58 Å². The van der Waals surface area contributed by atoms with Crippen molar-refractivity contribution in [1.29, 1.82) is 0 Å². The lowest BCUT2D eigenvalue weighted by atomic mass is 10.3. The molecule has 9 heteroatoms. The van der Waals surface area contributed by atoms with Crippen LogP contribution in [0.25, 0.3) is 0 Å². The van der Waals surface area contributed by atoms with Gasteiger partial charge in [0.25, 0.3) is 0 Å². The molecule has 0 aromatic heterocycles. The summed E-state index contributed by atoms with van der Waals surface area (Å²) in [5.41, 5.74) is 0.139. The summed E-state index contributed by atoms with van der Waals surface area (Å²) in [6, 6.07) is 5.09. The van der Waals surface area contributed by atoms with Crippen LogP contribution in [0.3, 0.4) is 0 Å². The molecule has 1 aromatic rings. The summed E-state index contributed by atoms with van der Waals surface area (Å²) >= 11 is 0. The van der Waals surface area contributed by atoms with Crippen LogP contribution in [0.5, 0.6) is 0 Å². The smallest absolute Gasteiger partial charge is 0.242 e. The Balaban J connectivity index is 2.32. The van der Waals surface area contributed by atoms with Crippen molar-refractivity contribution < 1.29 is 21.6 Å². The van der Waals surface area contributed by atoms with Crippen LogP contribution in [0.15, 0.2) is 41.8 Å². The molecule has 21 heavy (non-hydrogen) atoms.